The van der Waals surface area contributed by atoms with E-state index in [0.717, 1.165) is 23.7 Å². The Bertz CT molecular complexity index is 508. The minimum atomic E-state index is 0.468. The van der Waals surface area contributed by atoms with Crippen molar-refractivity contribution in [3.05, 3.63) is 36.0 Å². The lowest BCUT2D eigenvalue weighted by Crippen LogP contribution is -2.47. The first-order valence-corrected chi connectivity index (χ1v) is 8.61. The zero-order chi connectivity index (χ0) is 14.0. The van der Waals surface area contributed by atoms with E-state index < -0.39 is 0 Å². The van der Waals surface area contributed by atoms with Gasteiger partial charge in [0.25, 0.3) is 0 Å². The van der Waals surface area contributed by atoms with Gasteiger partial charge in [0.15, 0.2) is 0 Å². The van der Waals surface area contributed by atoms with Crippen molar-refractivity contribution in [3.63, 3.8) is 0 Å². The fraction of sp³-hybridized carbons (Fsp3) is 0.700. The number of hydrogen-bond acceptors (Lipinski definition) is 0. The van der Waals surface area contributed by atoms with Crippen LogP contribution < -0.4 is 0 Å². The van der Waals surface area contributed by atoms with Crippen LogP contribution in [0.15, 0.2) is 36.0 Å². The van der Waals surface area contributed by atoms with Gasteiger partial charge < -0.3 is 0 Å². The summed E-state index contributed by atoms with van der Waals surface area (Å²) in [6, 6.07) is 0. The zero-order valence-corrected chi connectivity index (χ0v) is 13.2. The van der Waals surface area contributed by atoms with Gasteiger partial charge in [0.2, 0.25) is 0 Å². The Labute approximate surface area is 124 Å². The van der Waals surface area contributed by atoms with E-state index in [1.807, 2.05) is 0 Å². The highest BCUT2D eigenvalue weighted by atomic mass is 14.6. The minimum absolute atomic E-state index is 0.468. The van der Waals surface area contributed by atoms with E-state index in [-0.39, 0.29) is 0 Å². The highest BCUT2D eigenvalue weighted by Crippen LogP contribution is 2.62. The summed E-state index contributed by atoms with van der Waals surface area (Å²) in [4.78, 5) is 0. The Morgan fingerprint density at radius 1 is 1.10 bits per heavy atom. The molecule has 4 rings (SSSR count). The third-order valence-electron chi connectivity index (χ3n) is 7.22. The monoisotopic (exact) mass is 268 g/mol. The Balaban J connectivity index is 1.74. The summed E-state index contributed by atoms with van der Waals surface area (Å²) in [5.74, 6) is 3.36. The lowest BCUT2D eigenvalue weighted by Gasteiger charge is -2.55. The maximum Gasteiger partial charge on any atom is -0.00443 e. The summed E-state index contributed by atoms with van der Waals surface area (Å²) < 4.78 is 0. The van der Waals surface area contributed by atoms with E-state index in [1.165, 1.54) is 32.1 Å². The van der Waals surface area contributed by atoms with Crippen LogP contribution in [0.25, 0.3) is 0 Å². The van der Waals surface area contributed by atoms with Crippen LogP contribution in [0.5, 0.6) is 0 Å². The first-order chi connectivity index (χ1) is 9.53. The Morgan fingerprint density at radius 3 is 2.80 bits per heavy atom. The van der Waals surface area contributed by atoms with Gasteiger partial charge in [0.05, 0.1) is 0 Å². The van der Waals surface area contributed by atoms with Gasteiger partial charge >= 0.3 is 0 Å². The summed E-state index contributed by atoms with van der Waals surface area (Å²) >= 11 is 0. The molecule has 108 valence electrons. The molecule has 0 bridgehead atoms. The van der Waals surface area contributed by atoms with Crippen LogP contribution in [-0.2, 0) is 0 Å². The minimum Gasteiger partial charge on any atom is -0.0876 e. The molecule has 0 spiro atoms. The van der Waals surface area contributed by atoms with Crippen LogP contribution in [0.4, 0.5) is 0 Å². The summed E-state index contributed by atoms with van der Waals surface area (Å²) in [6.07, 6.45) is 19.6. The predicted molar refractivity (Wildman–Crippen MR) is 85.3 cm³/mol. The molecule has 0 aromatic rings. The van der Waals surface area contributed by atoms with E-state index >= 15 is 0 Å². The van der Waals surface area contributed by atoms with Crippen LogP contribution in [0.2, 0.25) is 0 Å². The first kappa shape index (κ1) is 12.9. The van der Waals surface area contributed by atoms with E-state index in [9.17, 15) is 0 Å². The molecule has 4 aliphatic carbocycles. The van der Waals surface area contributed by atoms with Crippen molar-refractivity contribution in [2.24, 2.45) is 34.5 Å². The molecule has 0 amide bonds. The van der Waals surface area contributed by atoms with Gasteiger partial charge in [-0.3, -0.25) is 0 Å². The molecule has 0 aromatic carbocycles. The molecule has 0 N–H and O–H groups in total. The Hall–Kier alpha value is -0.780. The van der Waals surface area contributed by atoms with Gasteiger partial charge in [0, 0.05) is 0 Å². The molecule has 0 nitrogen and oxygen atoms in total. The predicted octanol–water partition coefficient (Wildman–Crippen LogP) is 5.53. The maximum absolute atomic E-state index is 2.59. The summed E-state index contributed by atoms with van der Waals surface area (Å²) in [5, 5.41) is 0. The normalized spacial score (nSPS) is 53.0. The maximum atomic E-state index is 2.59. The molecule has 4 aliphatic rings. The molecule has 0 heteroatoms. The molecule has 1 saturated carbocycles. The SMILES string of the molecule is CC1C=C2C=CC3C4CC=CC4(C)CCC3C2(C)CC1. The second-order valence-corrected chi connectivity index (χ2v) is 8.39. The van der Waals surface area contributed by atoms with Crippen molar-refractivity contribution in [3.8, 4) is 0 Å². The number of allylic oxidation sites excluding steroid dienone is 6. The molecule has 0 aromatic heterocycles. The van der Waals surface area contributed by atoms with Crippen molar-refractivity contribution in [2.45, 2.75) is 52.9 Å². The van der Waals surface area contributed by atoms with Crippen molar-refractivity contribution in [2.75, 3.05) is 0 Å². The quantitative estimate of drug-likeness (QED) is 0.507. The van der Waals surface area contributed by atoms with Crippen LogP contribution in [-0.4, -0.2) is 0 Å². The van der Waals surface area contributed by atoms with Gasteiger partial charge in [0.1, 0.15) is 0 Å². The summed E-state index contributed by atoms with van der Waals surface area (Å²) in [5.41, 5.74) is 2.62. The molecule has 0 heterocycles. The standard InChI is InChI=1S/C20H28/c1-14-8-12-20(3)15(13-14)6-7-16-17-5-4-10-19(17,2)11-9-18(16)20/h4,6-7,10,13-14,16-18H,5,8-9,11-12H2,1-3H3. The molecule has 6 atom stereocenters. The molecule has 6 unspecified atom stereocenters. The third kappa shape index (κ3) is 1.60. The summed E-state index contributed by atoms with van der Waals surface area (Å²) in [6.45, 7) is 7.45. The fourth-order valence-electron chi connectivity index (χ4n) is 5.81. The highest BCUT2D eigenvalue weighted by Gasteiger charge is 2.53. The molecule has 1 fully saturated rings. The zero-order valence-electron chi connectivity index (χ0n) is 13.2. The highest BCUT2D eigenvalue weighted by molar-refractivity contribution is 5.36. The van der Waals surface area contributed by atoms with E-state index in [0.29, 0.717) is 10.8 Å². The van der Waals surface area contributed by atoms with E-state index in [4.69, 9.17) is 0 Å². The second kappa shape index (κ2) is 4.12. The van der Waals surface area contributed by atoms with E-state index in [1.54, 1.807) is 5.57 Å². The lowest BCUT2D eigenvalue weighted by atomic mass is 9.49. The molecule has 20 heavy (non-hydrogen) atoms. The van der Waals surface area contributed by atoms with Crippen molar-refractivity contribution < 1.29 is 0 Å². The van der Waals surface area contributed by atoms with Gasteiger partial charge in [-0.2, -0.15) is 0 Å². The molecular formula is C20H28. The van der Waals surface area contributed by atoms with Crippen molar-refractivity contribution in [1.82, 2.24) is 0 Å². The van der Waals surface area contributed by atoms with E-state index in [2.05, 4.69) is 51.2 Å². The van der Waals surface area contributed by atoms with Crippen LogP contribution in [0.3, 0.4) is 0 Å². The van der Waals surface area contributed by atoms with Gasteiger partial charge in [-0.05, 0) is 72.2 Å². The average Bonchev–Trinajstić information content (AvgIpc) is 2.81. The largest absolute Gasteiger partial charge is 0.0876 e. The molecule has 0 aliphatic heterocycles. The van der Waals surface area contributed by atoms with Crippen LogP contribution in [0, 0.1) is 34.5 Å². The smallest absolute Gasteiger partial charge is 0.00443 e. The fourth-order valence-corrected chi connectivity index (χ4v) is 5.81. The Kier molecular flexibility index (Phi) is 2.66. The molecule has 0 saturated heterocycles. The molecular weight excluding hydrogens is 240 g/mol. The third-order valence-corrected chi connectivity index (χ3v) is 7.22. The van der Waals surface area contributed by atoms with Gasteiger partial charge in [-0.25, -0.2) is 0 Å². The number of fused-ring (bicyclic) bond motifs is 5. The number of hydrogen-bond donors (Lipinski definition) is 0. The van der Waals surface area contributed by atoms with Crippen LogP contribution in [0.1, 0.15) is 52.9 Å². The van der Waals surface area contributed by atoms with Gasteiger partial charge in [-0.1, -0.05) is 51.2 Å². The van der Waals surface area contributed by atoms with Gasteiger partial charge in [-0.15, -0.1) is 0 Å². The van der Waals surface area contributed by atoms with Crippen molar-refractivity contribution >= 4 is 0 Å². The second-order valence-electron chi connectivity index (χ2n) is 8.39. The van der Waals surface area contributed by atoms with Crippen LogP contribution >= 0.6 is 0 Å². The van der Waals surface area contributed by atoms with Crippen molar-refractivity contribution in [1.29, 1.82) is 0 Å². The average molecular weight is 268 g/mol. The molecule has 0 radical (unpaired) electrons. The topological polar surface area (TPSA) is 0 Å². The Morgan fingerprint density at radius 2 is 1.95 bits per heavy atom. The lowest BCUT2D eigenvalue weighted by molar-refractivity contribution is 0.0171. The number of rotatable bonds is 0. The first-order valence-electron chi connectivity index (χ1n) is 8.61. The summed E-state index contributed by atoms with van der Waals surface area (Å²) in [7, 11) is 0.